The summed E-state index contributed by atoms with van der Waals surface area (Å²) >= 11 is 0. The van der Waals surface area contributed by atoms with E-state index in [9.17, 15) is 0 Å². The third-order valence-electron chi connectivity index (χ3n) is 3.15. The molecule has 1 aromatic carbocycles. The summed E-state index contributed by atoms with van der Waals surface area (Å²) in [5, 5.41) is 1.19. The van der Waals surface area contributed by atoms with Crippen LogP contribution in [-0.2, 0) is 0 Å². The lowest BCUT2D eigenvalue weighted by Crippen LogP contribution is -2.13. The first-order valence-corrected chi connectivity index (χ1v) is 5.45. The quantitative estimate of drug-likeness (QED) is 0.805. The minimum atomic E-state index is 0.170. The lowest BCUT2D eigenvalue weighted by molar-refractivity contribution is 0.637. The fourth-order valence-corrected chi connectivity index (χ4v) is 2.11. The van der Waals surface area contributed by atoms with Crippen LogP contribution in [-0.4, -0.2) is 4.98 Å². The van der Waals surface area contributed by atoms with Crippen molar-refractivity contribution in [1.29, 1.82) is 0 Å². The SMILES string of the molecule is NC(c1cccc2cccnc12)C1CC1. The van der Waals surface area contributed by atoms with Gasteiger partial charge in [0.2, 0.25) is 0 Å². The maximum Gasteiger partial charge on any atom is 0.0749 e. The number of hydrogen-bond donors (Lipinski definition) is 1. The molecular weight excluding hydrogens is 184 g/mol. The third-order valence-corrected chi connectivity index (χ3v) is 3.15. The normalized spacial score (nSPS) is 17.9. The molecule has 0 spiro atoms. The number of aromatic nitrogens is 1. The van der Waals surface area contributed by atoms with Crippen molar-refractivity contribution in [1.82, 2.24) is 4.98 Å². The van der Waals surface area contributed by atoms with Gasteiger partial charge in [0.25, 0.3) is 0 Å². The van der Waals surface area contributed by atoms with E-state index in [0.717, 1.165) is 5.52 Å². The van der Waals surface area contributed by atoms with E-state index in [2.05, 4.69) is 29.2 Å². The molecule has 0 amide bonds. The first-order chi connectivity index (χ1) is 7.36. The Kier molecular flexibility index (Phi) is 1.96. The van der Waals surface area contributed by atoms with Gasteiger partial charge < -0.3 is 5.73 Å². The van der Waals surface area contributed by atoms with Crippen LogP contribution in [0.4, 0.5) is 0 Å². The van der Waals surface area contributed by atoms with Gasteiger partial charge in [-0.15, -0.1) is 0 Å². The van der Waals surface area contributed by atoms with Crippen molar-refractivity contribution in [2.24, 2.45) is 11.7 Å². The summed E-state index contributed by atoms with van der Waals surface area (Å²) < 4.78 is 0. The highest BCUT2D eigenvalue weighted by atomic mass is 14.7. The highest BCUT2D eigenvalue weighted by molar-refractivity contribution is 5.82. The van der Waals surface area contributed by atoms with Gasteiger partial charge in [-0.3, -0.25) is 4.98 Å². The van der Waals surface area contributed by atoms with Gasteiger partial charge in [0.15, 0.2) is 0 Å². The number of hydrogen-bond acceptors (Lipinski definition) is 2. The molecular formula is C13H14N2. The number of fused-ring (bicyclic) bond motifs is 1. The molecule has 76 valence electrons. The van der Waals surface area contributed by atoms with Gasteiger partial charge in [-0.25, -0.2) is 0 Å². The van der Waals surface area contributed by atoms with Crippen LogP contribution in [0.25, 0.3) is 10.9 Å². The molecule has 1 fully saturated rings. The Morgan fingerprint density at radius 3 is 2.80 bits per heavy atom. The van der Waals surface area contributed by atoms with Crippen LogP contribution in [0.5, 0.6) is 0 Å². The van der Waals surface area contributed by atoms with Crippen LogP contribution in [0.15, 0.2) is 36.5 Å². The monoisotopic (exact) mass is 198 g/mol. The second-order valence-electron chi connectivity index (χ2n) is 4.29. The maximum atomic E-state index is 6.23. The van der Waals surface area contributed by atoms with E-state index in [4.69, 9.17) is 5.73 Å². The summed E-state index contributed by atoms with van der Waals surface area (Å²) in [7, 11) is 0. The molecule has 1 atom stereocenters. The van der Waals surface area contributed by atoms with Crippen molar-refractivity contribution < 1.29 is 0 Å². The van der Waals surface area contributed by atoms with Gasteiger partial charge in [-0.1, -0.05) is 24.3 Å². The maximum absolute atomic E-state index is 6.23. The summed E-state index contributed by atoms with van der Waals surface area (Å²) in [6, 6.07) is 10.5. The Bertz CT molecular complexity index is 483. The number of rotatable bonds is 2. The van der Waals surface area contributed by atoms with Gasteiger partial charge in [0.1, 0.15) is 0 Å². The van der Waals surface area contributed by atoms with Crippen molar-refractivity contribution in [2.75, 3.05) is 0 Å². The molecule has 2 nitrogen and oxygen atoms in total. The zero-order chi connectivity index (χ0) is 10.3. The summed E-state index contributed by atoms with van der Waals surface area (Å²) in [6.07, 6.45) is 4.38. The van der Waals surface area contributed by atoms with E-state index in [-0.39, 0.29) is 6.04 Å². The second-order valence-corrected chi connectivity index (χ2v) is 4.29. The largest absolute Gasteiger partial charge is 0.324 e. The van der Waals surface area contributed by atoms with Crippen LogP contribution >= 0.6 is 0 Å². The summed E-state index contributed by atoms with van der Waals surface area (Å²) in [6.45, 7) is 0. The number of benzene rings is 1. The fraction of sp³-hybridized carbons (Fsp3) is 0.308. The number of para-hydroxylation sites is 1. The second kappa shape index (κ2) is 3.31. The van der Waals surface area contributed by atoms with Crippen molar-refractivity contribution in [3.63, 3.8) is 0 Å². The first-order valence-electron chi connectivity index (χ1n) is 5.45. The van der Waals surface area contributed by atoms with Gasteiger partial charge in [0.05, 0.1) is 5.52 Å². The smallest absolute Gasteiger partial charge is 0.0749 e. The van der Waals surface area contributed by atoms with E-state index >= 15 is 0 Å². The van der Waals surface area contributed by atoms with Crippen LogP contribution in [0.2, 0.25) is 0 Å². The molecule has 2 heteroatoms. The van der Waals surface area contributed by atoms with E-state index in [1.54, 1.807) is 0 Å². The lowest BCUT2D eigenvalue weighted by Gasteiger charge is -2.12. The Hall–Kier alpha value is -1.41. The molecule has 1 heterocycles. The molecule has 0 saturated heterocycles. The number of nitrogens with zero attached hydrogens (tertiary/aromatic N) is 1. The van der Waals surface area contributed by atoms with Crippen LogP contribution in [0.3, 0.4) is 0 Å². The standard InChI is InChI=1S/C13H14N2/c14-12(9-6-7-9)11-5-1-3-10-4-2-8-15-13(10)11/h1-5,8-9,12H,6-7,14H2. The van der Waals surface area contributed by atoms with Crippen LogP contribution in [0.1, 0.15) is 24.4 Å². The van der Waals surface area contributed by atoms with Crippen molar-refractivity contribution >= 4 is 10.9 Å². The zero-order valence-electron chi connectivity index (χ0n) is 8.56. The summed E-state index contributed by atoms with van der Waals surface area (Å²) in [5.41, 5.74) is 8.50. The van der Waals surface area contributed by atoms with Gasteiger partial charge in [-0.2, -0.15) is 0 Å². The van der Waals surface area contributed by atoms with Crippen molar-refractivity contribution in [3.05, 3.63) is 42.1 Å². The van der Waals surface area contributed by atoms with Crippen LogP contribution < -0.4 is 5.73 Å². The highest BCUT2D eigenvalue weighted by Gasteiger charge is 2.30. The molecule has 2 aromatic rings. The molecule has 1 saturated carbocycles. The lowest BCUT2D eigenvalue weighted by atomic mass is 10.00. The topological polar surface area (TPSA) is 38.9 Å². The average Bonchev–Trinajstić information content (AvgIpc) is 3.11. The number of pyridine rings is 1. The molecule has 1 unspecified atom stereocenters. The minimum Gasteiger partial charge on any atom is -0.324 e. The Labute approximate surface area is 89.1 Å². The molecule has 1 aromatic heterocycles. The molecule has 3 rings (SSSR count). The first kappa shape index (κ1) is 8.86. The molecule has 0 radical (unpaired) electrons. The third kappa shape index (κ3) is 1.51. The van der Waals surface area contributed by atoms with E-state index in [1.165, 1.54) is 23.8 Å². The molecule has 1 aliphatic carbocycles. The molecule has 0 bridgehead atoms. The minimum absolute atomic E-state index is 0.170. The molecule has 1 aliphatic rings. The predicted molar refractivity (Wildman–Crippen MR) is 61.4 cm³/mol. The number of nitrogens with two attached hydrogens (primary N) is 1. The van der Waals surface area contributed by atoms with Gasteiger partial charge >= 0.3 is 0 Å². The van der Waals surface area contributed by atoms with Crippen LogP contribution in [0, 0.1) is 5.92 Å². The average molecular weight is 198 g/mol. The Balaban J connectivity index is 2.16. The summed E-state index contributed by atoms with van der Waals surface area (Å²) in [5.74, 6) is 0.678. The van der Waals surface area contributed by atoms with Crippen molar-refractivity contribution in [3.8, 4) is 0 Å². The van der Waals surface area contributed by atoms with E-state index in [1.807, 2.05) is 12.3 Å². The molecule has 0 aliphatic heterocycles. The molecule has 2 N–H and O–H groups in total. The summed E-state index contributed by atoms with van der Waals surface area (Å²) in [4.78, 5) is 4.43. The molecule has 15 heavy (non-hydrogen) atoms. The predicted octanol–water partition coefficient (Wildman–Crippen LogP) is 2.64. The highest BCUT2D eigenvalue weighted by Crippen LogP contribution is 2.40. The fourth-order valence-electron chi connectivity index (χ4n) is 2.11. The Morgan fingerprint density at radius 1 is 1.20 bits per heavy atom. The Morgan fingerprint density at radius 2 is 2.00 bits per heavy atom. The zero-order valence-corrected chi connectivity index (χ0v) is 8.56. The van der Waals surface area contributed by atoms with Gasteiger partial charge in [0, 0.05) is 17.6 Å². The van der Waals surface area contributed by atoms with E-state index < -0.39 is 0 Å². The van der Waals surface area contributed by atoms with Gasteiger partial charge in [-0.05, 0) is 30.4 Å². The van der Waals surface area contributed by atoms with E-state index in [0.29, 0.717) is 5.92 Å². The van der Waals surface area contributed by atoms with Crippen molar-refractivity contribution in [2.45, 2.75) is 18.9 Å².